The molecule has 0 radical (unpaired) electrons. The Bertz CT molecular complexity index is 1180. The third-order valence-electron chi connectivity index (χ3n) is 4.97. The largest absolute Gasteiger partial charge is 0.372 e. The fraction of sp³-hybridized carbons (Fsp3) is 0.200. The summed E-state index contributed by atoms with van der Waals surface area (Å²) in [5.74, 6) is 0.155. The lowest BCUT2D eigenvalue weighted by molar-refractivity contribution is 0.1000. The molecule has 28 heavy (non-hydrogen) atoms. The summed E-state index contributed by atoms with van der Waals surface area (Å²) < 4.78 is 0.850. The Labute approximate surface area is 165 Å². The van der Waals surface area contributed by atoms with Crippen molar-refractivity contribution in [1.82, 2.24) is 15.0 Å². The van der Waals surface area contributed by atoms with Crippen molar-refractivity contribution in [2.45, 2.75) is 12.8 Å². The van der Waals surface area contributed by atoms with Crippen LogP contribution in [0.25, 0.3) is 21.1 Å². The van der Waals surface area contributed by atoms with Gasteiger partial charge in [0.25, 0.3) is 5.91 Å². The van der Waals surface area contributed by atoms with Crippen molar-refractivity contribution >= 4 is 55.6 Å². The summed E-state index contributed by atoms with van der Waals surface area (Å²) in [5.41, 5.74) is 9.10. The zero-order valence-electron chi connectivity index (χ0n) is 15.1. The van der Waals surface area contributed by atoms with Crippen molar-refractivity contribution in [1.29, 1.82) is 0 Å². The number of hydrogen-bond acceptors (Lipinski definition) is 7. The fourth-order valence-electron chi connectivity index (χ4n) is 3.60. The molecule has 0 bridgehead atoms. The van der Waals surface area contributed by atoms with Gasteiger partial charge in [0.05, 0.1) is 21.1 Å². The average molecular weight is 390 g/mol. The first kappa shape index (κ1) is 16.9. The molecule has 2 aromatic heterocycles. The molecule has 0 aliphatic carbocycles. The van der Waals surface area contributed by atoms with Crippen molar-refractivity contribution in [2.24, 2.45) is 5.73 Å². The van der Waals surface area contributed by atoms with Gasteiger partial charge in [-0.15, -0.1) is 11.3 Å². The van der Waals surface area contributed by atoms with Crippen LogP contribution in [-0.4, -0.2) is 33.9 Å². The lowest BCUT2D eigenvalue weighted by atomic mass is 10.2. The molecule has 0 atom stereocenters. The monoisotopic (exact) mass is 390 g/mol. The molecule has 2 aromatic carbocycles. The number of fused-ring (bicyclic) bond motifs is 3. The normalized spacial score (nSPS) is 14.1. The first-order valence-electron chi connectivity index (χ1n) is 9.15. The topological polar surface area (TPSA) is 97.0 Å². The van der Waals surface area contributed by atoms with E-state index in [1.54, 1.807) is 0 Å². The minimum absolute atomic E-state index is 0.285. The number of rotatable bonds is 4. The van der Waals surface area contributed by atoms with Crippen LogP contribution in [0.15, 0.2) is 42.7 Å². The Kier molecular flexibility index (Phi) is 4.05. The summed E-state index contributed by atoms with van der Waals surface area (Å²) in [6.45, 7) is 2.24. The highest BCUT2D eigenvalue weighted by atomic mass is 32.1. The second-order valence-corrected chi connectivity index (χ2v) is 7.78. The highest BCUT2D eigenvalue weighted by molar-refractivity contribution is 7.21. The number of thiazole rings is 1. The predicted octanol–water partition coefficient (Wildman–Crippen LogP) is 3.68. The molecular formula is C20H18N6OS. The van der Waals surface area contributed by atoms with Crippen molar-refractivity contribution in [3.05, 3.63) is 47.7 Å². The number of nitrogens with two attached hydrogens (primary N) is 1. The van der Waals surface area contributed by atoms with Crippen molar-refractivity contribution in [2.75, 3.05) is 23.3 Å². The molecular weight excluding hydrogens is 372 g/mol. The molecule has 1 aliphatic rings. The van der Waals surface area contributed by atoms with Gasteiger partial charge in [0.1, 0.15) is 12.1 Å². The van der Waals surface area contributed by atoms with E-state index in [-0.39, 0.29) is 5.01 Å². The second kappa shape index (κ2) is 6.72. The van der Waals surface area contributed by atoms with E-state index in [4.69, 9.17) is 5.73 Å². The van der Waals surface area contributed by atoms with Crippen LogP contribution in [-0.2, 0) is 0 Å². The second-order valence-electron chi connectivity index (χ2n) is 6.78. The van der Waals surface area contributed by atoms with E-state index in [0.29, 0.717) is 11.3 Å². The van der Waals surface area contributed by atoms with Crippen molar-refractivity contribution in [3.8, 4) is 0 Å². The minimum atomic E-state index is -0.529. The summed E-state index contributed by atoms with van der Waals surface area (Å²) in [5, 5.41) is 4.51. The van der Waals surface area contributed by atoms with Gasteiger partial charge in [-0.05, 0) is 49.2 Å². The van der Waals surface area contributed by atoms with Crippen LogP contribution in [0.1, 0.15) is 22.6 Å². The van der Waals surface area contributed by atoms with E-state index < -0.39 is 5.91 Å². The summed E-state index contributed by atoms with van der Waals surface area (Å²) in [4.78, 5) is 27.1. The standard InChI is InChI=1S/C20H18N6OS/c21-18(27)20-25-15-8-7-14-16(17(15)28-20)19(23-11-22-14)24-12-3-5-13(6-4-12)26-9-1-2-10-26/h3-8,11H,1-2,9-10H2,(H2,21,27)(H,22,23,24). The lowest BCUT2D eigenvalue weighted by Gasteiger charge is -2.18. The lowest BCUT2D eigenvalue weighted by Crippen LogP contribution is -2.17. The zero-order valence-corrected chi connectivity index (χ0v) is 15.9. The Morgan fingerprint density at radius 1 is 1.04 bits per heavy atom. The van der Waals surface area contributed by atoms with Gasteiger partial charge in [-0.1, -0.05) is 0 Å². The number of nitrogens with one attached hydrogen (secondary N) is 1. The average Bonchev–Trinajstić information content (AvgIpc) is 3.38. The molecule has 0 unspecified atom stereocenters. The third kappa shape index (κ3) is 2.91. The number of amides is 1. The molecule has 8 heteroatoms. The van der Waals surface area contributed by atoms with Gasteiger partial charge >= 0.3 is 0 Å². The highest BCUT2D eigenvalue weighted by Gasteiger charge is 2.16. The Morgan fingerprint density at radius 2 is 1.79 bits per heavy atom. The molecule has 5 rings (SSSR count). The van der Waals surface area contributed by atoms with Gasteiger partial charge in [0.2, 0.25) is 0 Å². The number of anilines is 3. The summed E-state index contributed by atoms with van der Waals surface area (Å²) >= 11 is 1.27. The van der Waals surface area contributed by atoms with Gasteiger partial charge < -0.3 is 16.0 Å². The zero-order chi connectivity index (χ0) is 19.1. The Hall–Kier alpha value is -3.26. The molecule has 0 spiro atoms. The SMILES string of the molecule is NC(=O)c1nc2ccc3ncnc(Nc4ccc(N5CCCC5)cc4)c3c2s1. The minimum Gasteiger partial charge on any atom is -0.372 e. The number of hydrogen-bond donors (Lipinski definition) is 2. The Balaban J connectivity index is 1.54. The molecule has 7 nitrogen and oxygen atoms in total. The molecule has 1 saturated heterocycles. The molecule has 1 amide bonds. The first-order valence-corrected chi connectivity index (χ1v) is 9.97. The van der Waals surface area contributed by atoms with Crippen LogP contribution in [0.2, 0.25) is 0 Å². The van der Waals surface area contributed by atoms with E-state index in [1.165, 1.54) is 36.2 Å². The molecule has 1 aliphatic heterocycles. The number of carbonyl (C=O) groups excluding carboxylic acids is 1. The Morgan fingerprint density at radius 3 is 2.54 bits per heavy atom. The maximum Gasteiger partial charge on any atom is 0.277 e. The molecule has 4 aromatic rings. The van der Waals surface area contributed by atoms with Gasteiger partial charge in [-0.3, -0.25) is 4.79 Å². The summed E-state index contributed by atoms with van der Waals surface area (Å²) in [6, 6.07) is 12.1. The smallest absolute Gasteiger partial charge is 0.277 e. The van der Waals surface area contributed by atoms with E-state index in [9.17, 15) is 4.79 Å². The van der Waals surface area contributed by atoms with Crippen LogP contribution < -0.4 is 16.0 Å². The fourth-order valence-corrected chi connectivity index (χ4v) is 4.56. The number of nitrogens with zero attached hydrogens (tertiary/aromatic N) is 4. The number of primary amides is 1. The van der Waals surface area contributed by atoms with Crippen molar-refractivity contribution < 1.29 is 4.79 Å². The van der Waals surface area contributed by atoms with Crippen LogP contribution in [0, 0.1) is 0 Å². The quantitative estimate of drug-likeness (QED) is 0.552. The van der Waals surface area contributed by atoms with Gasteiger partial charge in [-0.25, -0.2) is 15.0 Å². The van der Waals surface area contributed by atoms with Gasteiger partial charge in [-0.2, -0.15) is 0 Å². The number of carbonyl (C=O) groups is 1. The van der Waals surface area contributed by atoms with Crippen LogP contribution in [0.3, 0.4) is 0 Å². The summed E-state index contributed by atoms with van der Waals surface area (Å²) in [6.07, 6.45) is 4.04. The molecule has 3 heterocycles. The third-order valence-corrected chi connectivity index (χ3v) is 6.07. The van der Waals surface area contributed by atoms with Crippen LogP contribution in [0.5, 0.6) is 0 Å². The molecule has 1 fully saturated rings. The highest BCUT2D eigenvalue weighted by Crippen LogP contribution is 2.34. The predicted molar refractivity (Wildman–Crippen MR) is 112 cm³/mol. The van der Waals surface area contributed by atoms with E-state index in [0.717, 1.165) is 34.4 Å². The van der Waals surface area contributed by atoms with Gasteiger partial charge in [0.15, 0.2) is 5.01 Å². The maximum absolute atomic E-state index is 11.5. The number of benzene rings is 2. The van der Waals surface area contributed by atoms with E-state index >= 15 is 0 Å². The van der Waals surface area contributed by atoms with E-state index in [2.05, 4.69) is 49.4 Å². The van der Waals surface area contributed by atoms with Crippen molar-refractivity contribution in [3.63, 3.8) is 0 Å². The molecule has 140 valence electrons. The van der Waals surface area contributed by atoms with Crippen LogP contribution >= 0.6 is 11.3 Å². The van der Waals surface area contributed by atoms with E-state index in [1.807, 2.05) is 12.1 Å². The van der Waals surface area contributed by atoms with Crippen LogP contribution in [0.4, 0.5) is 17.2 Å². The molecule has 0 saturated carbocycles. The molecule has 3 N–H and O–H groups in total. The van der Waals surface area contributed by atoms with Gasteiger partial charge in [0, 0.05) is 24.5 Å². The maximum atomic E-state index is 11.5. The number of aromatic nitrogens is 3. The summed E-state index contributed by atoms with van der Waals surface area (Å²) in [7, 11) is 0. The first-order chi connectivity index (χ1) is 13.7.